The first kappa shape index (κ1) is 21.5. The maximum atomic E-state index is 11.9. The molecule has 0 fully saturated rings. The van der Waals surface area contributed by atoms with Gasteiger partial charge >= 0.3 is 12.0 Å². The molecule has 0 aliphatic rings. The van der Waals surface area contributed by atoms with Crippen LogP contribution in [0.3, 0.4) is 0 Å². The Labute approximate surface area is 154 Å². The predicted molar refractivity (Wildman–Crippen MR) is 98.0 cm³/mol. The van der Waals surface area contributed by atoms with Crippen molar-refractivity contribution in [2.45, 2.75) is 59.1 Å². The van der Waals surface area contributed by atoms with E-state index in [-0.39, 0.29) is 6.61 Å². The molecule has 1 aromatic carbocycles. The zero-order valence-corrected chi connectivity index (χ0v) is 16.2. The Morgan fingerprint density at radius 3 is 2.12 bits per heavy atom. The number of rotatable bonds is 6. The minimum atomic E-state index is -1.11. The highest BCUT2D eigenvalue weighted by Gasteiger charge is 2.22. The smallest absolute Gasteiger partial charge is 0.344 e. The predicted octanol–water partition coefficient (Wildman–Crippen LogP) is 2.74. The van der Waals surface area contributed by atoms with E-state index >= 15 is 0 Å². The van der Waals surface area contributed by atoms with E-state index in [1.807, 2.05) is 12.1 Å². The van der Waals surface area contributed by atoms with Crippen LogP contribution >= 0.6 is 0 Å². The number of hydrogen-bond acceptors (Lipinski definition) is 5. The molecule has 0 bridgehead atoms. The van der Waals surface area contributed by atoms with Gasteiger partial charge in [-0.1, -0.05) is 26.0 Å². The van der Waals surface area contributed by atoms with E-state index in [0.717, 1.165) is 0 Å². The van der Waals surface area contributed by atoms with Crippen LogP contribution in [0.4, 0.5) is 4.79 Å². The zero-order chi connectivity index (χ0) is 19.9. The van der Waals surface area contributed by atoms with Crippen LogP contribution in [0.1, 0.15) is 53.0 Å². The second kappa shape index (κ2) is 9.22. The van der Waals surface area contributed by atoms with Crippen molar-refractivity contribution in [1.82, 2.24) is 10.6 Å². The summed E-state index contributed by atoms with van der Waals surface area (Å²) in [6, 6.07) is 6.75. The molecular formula is C19H28N2O5. The summed E-state index contributed by atoms with van der Waals surface area (Å²) in [5.74, 6) is -0.463. The molecule has 1 rings (SSSR count). The molecule has 7 nitrogen and oxygen atoms in total. The van der Waals surface area contributed by atoms with E-state index in [1.54, 1.807) is 32.9 Å². The molecule has 0 aromatic heterocycles. The lowest BCUT2D eigenvalue weighted by atomic mass is 10.0. The molecule has 3 amide bonds. The number of amides is 3. The van der Waals surface area contributed by atoms with Crippen LogP contribution < -0.4 is 15.4 Å². The summed E-state index contributed by atoms with van der Waals surface area (Å²) in [4.78, 5) is 35.3. The van der Waals surface area contributed by atoms with Crippen LogP contribution in [-0.2, 0) is 14.3 Å². The van der Waals surface area contributed by atoms with Crippen LogP contribution in [0.2, 0.25) is 0 Å². The van der Waals surface area contributed by atoms with Gasteiger partial charge in [0, 0.05) is 5.54 Å². The third-order valence-corrected chi connectivity index (χ3v) is 3.31. The van der Waals surface area contributed by atoms with Crippen LogP contribution in [-0.4, -0.2) is 36.2 Å². The Morgan fingerprint density at radius 1 is 1.04 bits per heavy atom. The van der Waals surface area contributed by atoms with E-state index in [4.69, 9.17) is 9.47 Å². The second-order valence-electron chi connectivity index (χ2n) is 7.34. The molecule has 144 valence electrons. The van der Waals surface area contributed by atoms with Gasteiger partial charge < -0.3 is 14.8 Å². The topological polar surface area (TPSA) is 93.7 Å². The lowest BCUT2D eigenvalue weighted by molar-refractivity contribution is -0.156. The first-order valence-corrected chi connectivity index (χ1v) is 8.53. The average Bonchev–Trinajstić information content (AvgIpc) is 2.51. The Morgan fingerprint density at radius 2 is 1.62 bits per heavy atom. The number of imide groups is 1. The number of ether oxygens (including phenoxy) is 2. The van der Waals surface area contributed by atoms with Crippen molar-refractivity contribution in [3.63, 3.8) is 0 Å². The van der Waals surface area contributed by atoms with Crippen LogP contribution in [0.15, 0.2) is 24.3 Å². The number of carbonyl (C=O) groups is 3. The molecule has 26 heavy (non-hydrogen) atoms. The van der Waals surface area contributed by atoms with Gasteiger partial charge in [-0.2, -0.15) is 0 Å². The van der Waals surface area contributed by atoms with Crippen molar-refractivity contribution in [2.75, 3.05) is 6.61 Å². The number of urea groups is 1. The van der Waals surface area contributed by atoms with Crippen molar-refractivity contribution in [1.29, 1.82) is 0 Å². The summed E-state index contributed by atoms with van der Waals surface area (Å²) in [5.41, 5.74) is 0.683. The fourth-order valence-electron chi connectivity index (χ4n) is 1.96. The monoisotopic (exact) mass is 364 g/mol. The molecule has 0 radical (unpaired) electrons. The molecule has 0 heterocycles. The summed E-state index contributed by atoms with van der Waals surface area (Å²) in [6.45, 7) is 10.6. The summed E-state index contributed by atoms with van der Waals surface area (Å²) in [6.07, 6.45) is -1.11. The van der Waals surface area contributed by atoms with E-state index in [9.17, 15) is 14.4 Å². The van der Waals surface area contributed by atoms with Gasteiger partial charge in [-0.15, -0.1) is 0 Å². The van der Waals surface area contributed by atoms with Crippen molar-refractivity contribution in [2.24, 2.45) is 0 Å². The Balaban J connectivity index is 2.41. The molecule has 2 N–H and O–H groups in total. The van der Waals surface area contributed by atoms with Crippen LogP contribution in [0.25, 0.3) is 0 Å². The Kier molecular flexibility index (Phi) is 7.61. The molecule has 0 aliphatic carbocycles. The number of hydrogen-bond donors (Lipinski definition) is 2. The van der Waals surface area contributed by atoms with Crippen molar-refractivity contribution in [3.8, 4) is 5.75 Å². The average molecular weight is 364 g/mol. The lowest BCUT2D eigenvalue weighted by Gasteiger charge is -2.21. The zero-order valence-electron chi connectivity index (χ0n) is 16.2. The van der Waals surface area contributed by atoms with E-state index in [1.165, 1.54) is 12.5 Å². The fourth-order valence-corrected chi connectivity index (χ4v) is 1.96. The SMILES string of the molecule is CC(C)c1ccc(OCC(=O)O[C@H](C)C(=O)NC(=O)NC(C)(C)C)cc1. The molecule has 0 spiro atoms. The normalized spacial score (nSPS) is 12.3. The molecular weight excluding hydrogens is 336 g/mol. The number of benzene rings is 1. The van der Waals surface area contributed by atoms with Gasteiger partial charge in [0.2, 0.25) is 0 Å². The Bertz CT molecular complexity index is 632. The van der Waals surface area contributed by atoms with Crippen molar-refractivity contribution in [3.05, 3.63) is 29.8 Å². The third kappa shape index (κ3) is 8.00. The highest BCUT2D eigenvalue weighted by Crippen LogP contribution is 2.18. The number of carbonyl (C=O) groups excluding carboxylic acids is 3. The Hall–Kier alpha value is -2.57. The maximum Gasteiger partial charge on any atom is 0.344 e. The molecule has 1 atom stereocenters. The largest absolute Gasteiger partial charge is 0.482 e. The highest BCUT2D eigenvalue weighted by atomic mass is 16.6. The molecule has 0 aliphatic heterocycles. The number of esters is 1. The minimum absolute atomic E-state index is 0.327. The van der Waals surface area contributed by atoms with Gasteiger partial charge in [-0.05, 0) is 51.3 Å². The summed E-state index contributed by atoms with van der Waals surface area (Å²) in [7, 11) is 0. The first-order valence-electron chi connectivity index (χ1n) is 8.53. The molecule has 0 unspecified atom stereocenters. The quantitative estimate of drug-likeness (QED) is 0.757. The highest BCUT2D eigenvalue weighted by molar-refractivity contribution is 5.97. The fraction of sp³-hybridized carbons (Fsp3) is 0.526. The standard InChI is InChI=1S/C19H28N2O5/c1-12(2)14-7-9-15(10-8-14)25-11-16(22)26-13(3)17(23)20-18(24)21-19(4,5)6/h7-10,12-13H,11H2,1-6H3,(H2,20,21,23,24)/t13-/m1/s1. The third-order valence-electron chi connectivity index (χ3n) is 3.31. The lowest BCUT2D eigenvalue weighted by Crippen LogP contribution is -2.50. The minimum Gasteiger partial charge on any atom is -0.482 e. The molecule has 7 heteroatoms. The summed E-state index contributed by atoms with van der Waals surface area (Å²) in [5, 5.41) is 4.71. The van der Waals surface area contributed by atoms with Crippen LogP contribution in [0.5, 0.6) is 5.75 Å². The van der Waals surface area contributed by atoms with Gasteiger partial charge in [0.05, 0.1) is 0 Å². The summed E-state index contributed by atoms with van der Waals surface area (Å²) < 4.78 is 10.3. The molecule has 1 aromatic rings. The first-order chi connectivity index (χ1) is 12.0. The van der Waals surface area contributed by atoms with Gasteiger partial charge in [0.25, 0.3) is 5.91 Å². The van der Waals surface area contributed by atoms with Gasteiger partial charge in [-0.3, -0.25) is 10.1 Å². The maximum absolute atomic E-state index is 11.9. The van der Waals surface area contributed by atoms with Gasteiger partial charge in [-0.25, -0.2) is 9.59 Å². The van der Waals surface area contributed by atoms with Crippen molar-refractivity contribution < 1.29 is 23.9 Å². The summed E-state index contributed by atoms with van der Waals surface area (Å²) >= 11 is 0. The number of nitrogens with one attached hydrogen (secondary N) is 2. The van der Waals surface area contributed by atoms with E-state index < -0.39 is 29.6 Å². The molecule has 0 saturated heterocycles. The van der Waals surface area contributed by atoms with Crippen molar-refractivity contribution >= 4 is 17.9 Å². The second-order valence-corrected chi connectivity index (χ2v) is 7.34. The van der Waals surface area contributed by atoms with Gasteiger partial charge in [0.1, 0.15) is 5.75 Å². The van der Waals surface area contributed by atoms with E-state index in [2.05, 4.69) is 24.5 Å². The van der Waals surface area contributed by atoms with E-state index in [0.29, 0.717) is 11.7 Å². The van der Waals surface area contributed by atoms with Crippen LogP contribution in [0, 0.1) is 0 Å². The van der Waals surface area contributed by atoms with Gasteiger partial charge in [0.15, 0.2) is 12.7 Å². The molecule has 0 saturated carbocycles.